The zero-order chi connectivity index (χ0) is 25.9. The number of pyridine rings is 1. The second-order valence-corrected chi connectivity index (χ2v) is 10.9. The monoisotopic (exact) mass is 536 g/mol. The van der Waals surface area contributed by atoms with Crippen LogP contribution in [-0.4, -0.2) is 69.2 Å². The Morgan fingerprint density at radius 1 is 1.18 bits per heavy atom. The van der Waals surface area contributed by atoms with Gasteiger partial charge in [-0.1, -0.05) is 6.07 Å². The molecule has 3 atom stereocenters. The number of thiophene rings is 1. The zero-order valence-corrected chi connectivity index (χ0v) is 22.2. The van der Waals surface area contributed by atoms with Gasteiger partial charge >= 0.3 is 0 Å². The minimum absolute atomic E-state index is 0.0564. The number of aromatic amines is 1. The molecule has 0 saturated carbocycles. The molecular formula is C27H32N6O4S. The van der Waals surface area contributed by atoms with E-state index in [0.29, 0.717) is 31.0 Å². The van der Waals surface area contributed by atoms with Gasteiger partial charge in [-0.25, -0.2) is 4.68 Å². The summed E-state index contributed by atoms with van der Waals surface area (Å²) in [5, 5.41) is 15.9. The van der Waals surface area contributed by atoms with Gasteiger partial charge in [0.05, 0.1) is 25.9 Å². The van der Waals surface area contributed by atoms with Crippen molar-refractivity contribution in [3.05, 3.63) is 68.4 Å². The average molecular weight is 537 g/mol. The second-order valence-electron chi connectivity index (χ2n) is 9.91. The molecule has 0 spiro atoms. The molecule has 0 amide bonds. The smallest absolute Gasteiger partial charge is 0.253 e. The maximum Gasteiger partial charge on any atom is 0.253 e. The molecule has 0 aliphatic carbocycles. The number of hydrogen-bond donors (Lipinski definition) is 1. The molecule has 200 valence electrons. The topological polar surface area (TPSA) is 107 Å². The van der Waals surface area contributed by atoms with Gasteiger partial charge in [0.2, 0.25) is 0 Å². The summed E-state index contributed by atoms with van der Waals surface area (Å²) in [4.78, 5) is 20.2. The number of rotatable bonds is 10. The van der Waals surface area contributed by atoms with Crippen molar-refractivity contribution in [2.45, 2.75) is 57.0 Å². The Balaban J connectivity index is 1.47. The number of hydrogen-bond acceptors (Lipinski definition) is 9. The number of H-pyrrole nitrogens is 1. The fraction of sp³-hybridized carbons (Fsp3) is 0.481. The number of fused-ring (bicyclic) bond motifs is 1. The largest absolute Gasteiger partial charge is 0.497 e. The van der Waals surface area contributed by atoms with Crippen LogP contribution in [-0.2, 0) is 22.6 Å². The van der Waals surface area contributed by atoms with Crippen LogP contribution >= 0.6 is 11.3 Å². The first-order valence-electron chi connectivity index (χ1n) is 13.1. The van der Waals surface area contributed by atoms with E-state index in [-0.39, 0.29) is 17.8 Å². The standard InChI is InChI=1S/C27H32N6O4S/c1-35-19-8-9-24-18(13-19)14-23(27(34)28-24)25(26-29-30-31-33(26)16-21-6-3-11-37-21)32(15-20-5-2-10-36-20)17-22-7-4-12-38-22/h4,7-9,12-14,20-21,25H,2-3,5-6,10-11,15-17H2,1H3,(H,28,34)/t20-,21+,25-/m1/s1. The van der Waals surface area contributed by atoms with E-state index in [4.69, 9.17) is 14.2 Å². The fourth-order valence-corrected chi connectivity index (χ4v) is 6.19. The Morgan fingerprint density at radius 3 is 2.76 bits per heavy atom. The Bertz CT molecular complexity index is 1410. The molecular weight excluding hydrogens is 504 g/mol. The molecule has 2 aliphatic rings. The van der Waals surface area contributed by atoms with Crippen LogP contribution in [0.4, 0.5) is 0 Å². The molecule has 2 fully saturated rings. The first-order valence-corrected chi connectivity index (χ1v) is 14.0. The summed E-state index contributed by atoms with van der Waals surface area (Å²) in [6.07, 6.45) is 4.16. The van der Waals surface area contributed by atoms with Crippen molar-refractivity contribution in [1.82, 2.24) is 30.1 Å². The fourth-order valence-electron chi connectivity index (χ4n) is 5.46. The predicted molar refractivity (Wildman–Crippen MR) is 143 cm³/mol. The molecule has 0 bridgehead atoms. The van der Waals surface area contributed by atoms with E-state index in [0.717, 1.165) is 55.5 Å². The zero-order valence-electron chi connectivity index (χ0n) is 21.4. The van der Waals surface area contributed by atoms with E-state index in [1.54, 1.807) is 18.4 Å². The van der Waals surface area contributed by atoms with Crippen LogP contribution in [0.3, 0.4) is 0 Å². The van der Waals surface area contributed by atoms with Crippen LogP contribution < -0.4 is 10.3 Å². The van der Waals surface area contributed by atoms with Gasteiger partial charge in [-0.2, -0.15) is 0 Å². The van der Waals surface area contributed by atoms with Crippen LogP contribution in [0, 0.1) is 0 Å². The number of nitrogens with one attached hydrogen (secondary N) is 1. The highest BCUT2D eigenvalue weighted by atomic mass is 32.1. The molecule has 0 radical (unpaired) electrons. The van der Waals surface area contributed by atoms with E-state index < -0.39 is 6.04 Å². The molecule has 6 rings (SSSR count). The second kappa shape index (κ2) is 11.3. The summed E-state index contributed by atoms with van der Waals surface area (Å²) < 4.78 is 19.2. The molecule has 5 heterocycles. The summed E-state index contributed by atoms with van der Waals surface area (Å²) in [5.74, 6) is 1.35. The van der Waals surface area contributed by atoms with Gasteiger partial charge in [-0.3, -0.25) is 9.69 Å². The molecule has 10 nitrogen and oxygen atoms in total. The Kier molecular flexibility index (Phi) is 7.50. The third-order valence-corrected chi connectivity index (χ3v) is 8.21. The van der Waals surface area contributed by atoms with E-state index in [2.05, 4.69) is 42.9 Å². The first-order chi connectivity index (χ1) is 18.7. The highest BCUT2D eigenvalue weighted by Crippen LogP contribution is 2.32. The van der Waals surface area contributed by atoms with Crippen molar-refractivity contribution >= 4 is 22.2 Å². The molecule has 1 aromatic carbocycles. The summed E-state index contributed by atoms with van der Waals surface area (Å²) >= 11 is 1.70. The quantitative estimate of drug-likeness (QED) is 0.328. The Morgan fingerprint density at radius 2 is 2.03 bits per heavy atom. The van der Waals surface area contributed by atoms with Crippen molar-refractivity contribution in [3.8, 4) is 5.75 Å². The number of nitrogens with zero attached hydrogens (tertiary/aromatic N) is 5. The maximum atomic E-state index is 13.7. The lowest BCUT2D eigenvalue weighted by Crippen LogP contribution is -2.39. The summed E-state index contributed by atoms with van der Waals surface area (Å²) in [5.41, 5.74) is 1.17. The third kappa shape index (κ3) is 5.37. The van der Waals surface area contributed by atoms with Crippen LogP contribution in [0.25, 0.3) is 10.9 Å². The van der Waals surface area contributed by atoms with E-state index in [1.807, 2.05) is 28.9 Å². The molecule has 38 heavy (non-hydrogen) atoms. The van der Waals surface area contributed by atoms with E-state index in [1.165, 1.54) is 4.88 Å². The van der Waals surface area contributed by atoms with Crippen molar-refractivity contribution in [2.75, 3.05) is 26.9 Å². The van der Waals surface area contributed by atoms with Crippen molar-refractivity contribution in [3.63, 3.8) is 0 Å². The highest BCUT2D eigenvalue weighted by molar-refractivity contribution is 7.09. The number of methoxy groups -OCH3 is 1. The number of aromatic nitrogens is 5. The van der Waals surface area contributed by atoms with Gasteiger partial charge < -0.3 is 19.2 Å². The van der Waals surface area contributed by atoms with E-state index >= 15 is 0 Å². The highest BCUT2D eigenvalue weighted by Gasteiger charge is 2.34. The lowest BCUT2D eigenvalue weighted by molar-refractivity contribution is 0.0559. The summed E-state index contributed by atoms with van der Waals surface area (Å²) in [6.45, 7) is 3.36. The van der Waals surface area contributed by atoms with Crippen LogP contribution in [0.2, 0.25) is 0 Å². The maximum absolute atomic E-state index is 13.7. The van der Waals surface area contributed by atoms with Gasteiger partial charge in [-0.05, 0) is 71.8 Å². The molecule has 0 unspecified atom stereocenters. The Labute approximate surface area is 224 Å². The molecule has 2 saturated heterocycles. The molecule has 3 aromatic heterocycles. The van der Waals surface area contributed by atoms with Gasteiger partial charge in [0, 0.05) is 47.6 Å². The third-order valence-electron chi connectivity index (χ3n) is 7.35. The van der Waals surface area contributed by atoms with Gasteiger partial charge in [-0.15, -0.1) is 16.4 Å². The van der Waals surface area contributed by atoms with Crippen LogP contribution in [0.1, 0.15) is 48.0 Å². The van der Waals surface area contributed by atoms with Gasteiger partial charge in [0.1, 0.15) is 11.8 Å². The van der Waals surface area contributed by atoms with Crippen molar-refractivity contribution in [2.24, 2.45) is 0 Å². The lowest BCUT2D eigenvalue weighted by atomic mass is 10.0. The first kappa shape index (κ1) is 25.2. The SMILES string of the molecule is COc1ccc2[nH]c(=O)c([C@H](c3nnnn3C[C@@H]3CCCO3)N(Cc3cccs3)C[C@H]3CCCO3)cc2c1. The van der Waals surface area contributed by atoms with Gasteiger partial charge in [0.15, 0.2) is 5.82 Å². The van der Waals surface area contributed by atoms with E-state index in [9.17, 15) is 4.79 Å². The minimum atomic E-state index is -0.489. The normalized spacial score (nSPS) is 20.5. The number of benzene rings is 1. The predicted octanol–water partition coefficient (Wildman–Crippen LogP) is 3.53. The lowest BCUT2D eigenvalue weighted by Gasteiger charge is -2.32. The molecule has 2 aliphatic heterocycles. The average Bonchev–Trinajstić information content (AvgIpc) is 3.74. The summed E-state index contributed by atoms with van der Waals surface area (Å²) in [7, 11) is 1.64. The Hall–Kier alpha value is -3.12. The number of ether oxygens (including phenoxy) is 3. The van der Waals surface area contributed by atoms with Gasteiger partial charge in [0.25, 0.3) is 5.56 Å². The van der Waals surface area contributed by atoms with Crippen molar-refractivity contribution < 1.29 is 14.2 Å². The molecule has 1 N–H and O–H groups in total. The molecule has 4 aromatic rings. The van der Waals surface area contributed by atoms with Crippen LogP contribution in [0.5, 0.6) is 5.75 Å². The molecule has 11 heteroatoms. The van der Waals surface area contributed by atoms with Crippen molar-refractivity contribution in [1.29, 1.82) is 0 Å². The minimum Gasteiger partial charge on any atom is -0.497 e. The summed E-state index contributed by atoms with van der Waals surface area (Å²) in [6, 6.07) is 11.3. The number of tetrazole rings is 1. The van der Waals surface area contributed by atoms with Crippen LogP contribution in [0.15, 0.2) is 46.6 Å².